The largest absolute Gasteiger partial charge is 0.317 e. The van der Waals surface area contributed by atoms with Gasteiger partial charge in [0.25, 0.3) is 0 Å². The predicted octanol–water partition coefficient (Wildman–Crippen LogP) is 3.51. The Hall–Kier alpha value is -0.300. The zero-order valence-corrected chi connectivity index (χ0v) is 9.53. The average molecular weight is 183 g/mol. The van der Waals surface area contributed by atoms with Gasteiger partial charge in [-0.25, -0.2) is 0 Å². The van der Waals surface area contributed by atoms with E-state index in [9.17, 15) is 0 Å². The highest BCUT2D eigenvalue weighted by Gasteiger charge is 2.04. The summed E-state index contributed by atoms with van der Waals surface area (Å²) in [4.78, 5) is 0. The Kier molecular flexibility index (Phi) is 8.11. The second-order valence-electron chi connectivity index (χ2n) is 4.00. The molecule has 0 bridgehead atoms. The molecule has 1 heteroatoms. The quantitative estimate of drug-likeness (QED) is 0.448. The van der Waals surface area contributed by atoms with Gasteiger partial charge >= 0.3 is 0 Å². The lowest BCUT2D eigenvalue weighted by atomic mass is 10.0. The first-order chi connectivity index (χ1) is 6.20. The van der Waals surface area contributed by atoms with Crippen molar-refractivity contribution in [3.63, 3.8) is 0 Å². The molecule has 0 aliphatic rings. The van der Waals surface area contributed by atoms with Crippen LogP contribution in [0.5, 0.6) is 0 Å². The summed E-state index contributed by atoms with van der Waals surface area (Å²) in [7, 11) is 2.05. The van der Waals surface area contributed by atoms with Crippen molar-refractivity contribution in [3.8, 4) is 0 Å². The molecule has 0 aromatic rings. The molecule has 1 atom stereocenters. The monoisotopic (exact) mass is 183 g/mol. The van der Waals surface area contributed by atoms with E-state index in [2.05, 4.69) is 25.7 Å². The van der Waals surface area contributed by atoms with Gasteiger partial charge in [-0.1, -0.05) is 38.2 Å². The van der Waals surface area contributed by atoms with Crippen LogP contribution in [0.1, 0.15) is 52.4 Å². The molecule has 0 aromatic heterocycles. The minimum Gasteiger partial charge on any atom is -0.317 e. The summed E-state index contributed by atoms with van der Waals surface area (Å²) >= 11 is 0. The molecule has 0 saturated heterocycles. The molecule has 0 saturated carbocycles. The van der Waals surface area contributed by atoms with Crippen molar-refractivity contribution in [1.82, 2.24) is 5.32 Å². The third-order valence-electron chi connectivity index (χ3n) is 2.41. The molecule has 0 aliphatic heterocycles. The second kappa shape index (κ2) is 8.31. The van der Waals surface area contributed by atoms with Crippen LogP contribution in [-0.4, -0.2) is 13.1 Å². The number of rotatable bonds is 8. The van der Waals surface area contributed by atoms with E-state index in [1.165, 1.54) is 37.7 Å². The van der Waals surface area contributed by atoms with Gasteiger partial charge in [-0.3, -0.25) is 0 Å². The smallest absolute Gasteiger partial charge is 0.0101 e. The van der Waals surface area contributed by atoms with Crippen molar-refractivity contribution in [1.29, 1.82) is 0 Å². The first kappa shape index (κ1) is 12.7. The van der Waals surface area contributed by atoms with Crippen molar-refractivity contribution < 1.29 is 0 Å². The fourth-order valence-electron chi connectivity index (χ4n) is 1.59. The summed E-state index contributed by atoms with van der Waals surface area (Å²) in [5, 5.41) is 3.35. The van der Waals surface area contributed by atoms with Crippen LogP contribution in [-0.2, 0) is 0 Å². The van der Waals surface area contributed by atoms with Gasteiger partial charge < -0.3 is 5.32 Å². The first-order valence-electron chi connectivity index (χ1n) is 5.52. The topological polar surface area (TPSA) is 12.0 Å². The van der Waals surface area contributed by atoms with Gasteiger partial charge in [-0.15, -0.1) is 6.58 Å². The van der Waals surface area contributed by atoms with Crippen LogP contribution in [0.4, 0.5) is 0 Å². The molecule has 78 valence electrons. The van der Waals surface area contributed by atoms with Crippen LogP contribution in [0.2, 0.25) is 0 Å². The molecule has 0 spiro atoms. The third kappa shape index (κ3) is 8.04. The Balaban J connectivity index is 3.42. The maximum Gasteiger partial charge on any atom is 0.0101 e. The van der Waals surface area contributed by atoms with E-state index in [0.29, 0.717) is 6.04 Å². The molecule has 0 radical (unpaired) electrons. The summed E-state index contributed by atoms with van der Waals surface area (Å²) in [6.45, 7) is 8.31. The van der Waals surface area contributed by atoms with E-state index < -0.39 is 0 Å². The van der Waals surface area contributed by atoms with Crippen LogP contribution in [0.15, 0.2) is 12.2 Å². The molecule has 0 rings (SSSR count). The Bertz CT molecular complexity index is 129. The van der Waals surface area contributed by atoms with E-state index in [0.717, 1.165) is 6.42 Å². The highest BCUT2D eigenvalue weighted by atomic mass is 14.9. The summed E-state index contributed by atoms with van der Waals surface area (Å²) in [5.74, 6) is 0. The van der Waals surface area contributed by atoms with Gasteiger partial charge in [-0.2, -0.15) is 0 Å². The predicted molar refractivity (Wildman–Crippen MR) is 61.0 cm³/mol. The summed E-state index contributed by atoms with van der Waals surface area (Å²) in [6, 6.07) is 0.648. The van der Waals surface area contributed by atoms with Crippen molar-refractivity contribution in [2.45, 2.75) is 58.4 Å². The lowest BCUT2D eigenvalue weighted by Crippen LogP contribution is -2.25. The zero-order chi connectivity index (χ0) is 10.1. The van der Waals surface area contributed by atoms with Gasteiger partial charge in [0.2, 0.25) is 0 Å². The molecular weight excluding hydrogens is 158 g/mol. The van der Waals surface area contributed by atoms with Gasteiger partial charge in [0.05, 0.1) is 0 Å². The van der Waals surface area contributed by atoms with Crippen molar-refractivity contribution in [3.05, 3.63) is 12.2 Å². The lowest BCUT2D eigenvalue weighted by molar-refractivity contribution is 0.484. The van der Waals surface area contributed by atoms with E-state index >= 15 is 0 Å². The summed E-state index contributed by atoms with van der Waals surface area (Å²) in [6.07, 6.45) is 7.86. The van der Waals surface area contributed by atoms with Crippen molar-refractivity contribution in [2.24, 2.45) is 0 Å². The van der Waals surface area contributed by atoms with Gasteiger partial charge in [0.15, 0.2) is 0 Å². The summed E-state index contributed by atoms with van der Waals surface area (Å²) in [5.41, 5.74) is 1.29. The lowest BCUT2D eigenvalue weighted by Gasteiger charge is -2.15. The molecular formula is C12H25N. The Labute approximate surface area is 83.6 Å². The van der Waals surface area contributed by atoms with Crippen LogP contribution < -0.4 is 5.32 Å². The molecule has 0 aliphatic carbocycles. The van der Waals surface area contributed by atoms with Crippen molar-refractivity contribution >= 4 is 0 Å². The van der Waals surface area contributed by atoms with Gasteiger partial charge in [0, 0.05) is 6.04 Å². The molecule has 1 N–H and O–H groups in total. The highest BCUT2D eigenvalue weighted by Crippen LogP contribution is 2.10. The molecule has 1 nitrogen and oxygen atoms in total. The van der Waals surface area contributed by atoms with E-state index in [-0.39, 0.29) is 0 Å². The minimum atomic E-state index is 0.648. The number of hydrogen-bond acceptors (Lipinski definition) is 1. The fourth-order valence-corrected chi connectivity index (χ4v) is 1.59. The normalized spacial score (nSPS) is 12.8. The molecule has 0 aromatic carbocycles. The van der Waals surface area contributed by atoms with E-state index in [4.69, 9.17) is 0 Å². The molecule has 1 unspecified atom stereocenters. The van der Waals surface area contributed by atoms with Gasteiger partial charge in [-0.05, 0) is 26.8 Å². The zero-order valence-electron chi connectivity index (χ0n) is 9.53. The maximum atomic E-state index is 3.95. The number of hydrogen-bond donors (Lipinski definition) is 1. The SMILES string of the molecule is C=C(C)CC(CCCCCC)NC. The first-order valence-corrected chi connectivity index (χ1v) is 5.52. The number of unbranched alkanes of at least 4 members (excludes halogenated alkanes) is 3. The minimum absolute atomic E-state index is 0.648. The second-order valence-corrected chi connectivity index (χ2v) is 4.00. The van der Waals surface area contributed by atoms with Crippen molar-refractivity contribution in [2.75, 3.05) is 7.05 Å². The highest BCUT2D eigenvalue weighted by molar-refractivity contribution is 4.92. The molecule has 0 heterocycles. The number of nitrogens with one attached hydrogen (secondary N) is 1. The molecule has 0 fully saturated rings. The molecule has 0 amide bonds. The van der Waals surface area contributed by atoms with Crippen LogP contribution in [0.25, 0.3) is 0 Å². The third-order valence-corrected chi connectivity index (χ3v) is 2.41. The Morgan fingerprint density at radius 1 is 1.31 bits per heavy atom. The van der Waals surface area contributed by atoms with Crippen LogP contribution >= 0.6 is 0 Å². The Morgan fingerprint density at radius 2 is 2.00 bits per heavy atom. The van der Waals surface area contributed by atoms with Crippen LogP contribution in [0, 0.1) is 0 Å². The summed E-state index contributed by atoms with van der Waals surface area (Å²) < 4.78 is 0. The molecule has 13 heavy (non-hydrogen) atoms. The van der Waals surface area contributed by atoms with Crippen LogP contribution in [0.3, 0.4) is 0 Å². The van der Waals surface area contributed by atoms with E-state index in [1.54, 1.807) is 0 Å². The average Bonchev–Trinajstić information content (AvgIpc) is 2.09. The fraction of sp³-hybridized carbons (Fsp3) is 0.833. The van der Waals surface area contributed by atoms with E-state index in [1.807, 2.05) is 7.05 Å². The standard InChI is InChI=1S/C12H25N/c1-5-6-7-8-9-12(13-4)10-11(2)3/h12-13H,2,5-10H2,1,3-4H3. The maximum absolute atomic E-state index is 3.95. The Morgan fingerprint density at radius 3 is 2.46 bits per heavy atom. The van der Waals surface area contributed by atoms with Gasteiger partial charge in [0.1, 0.15) is 0 Å².